The van der Waals surface area contributed by atoms with E-state index in [0.717, 1.165) is 5.70 Å². The van der Waals surface area contributed by atoms with Gasteiger partial charge in [0.2, 0.25) is 11.1 Å². The fraction of sp³-hybridized carbons (Fsp3) is 0.312. The molecule has 0 spiro atoms. The molecule has 0 radical (unpaired) electrons. The summed E-state index contributed by atoms with van der Waals surface area (Å²) >= 11 is 1.42. The first-order valence-corrected chi connectivity index (χ1v) is 8.83. The molecule has 1 aliphatic carbocycles. The molecule has 0 bridgehead atoms. The van der Waals surface area contributed by atoms with E-state index in [2.05, 4.69) is 15.4 Å². The van der Waals surface area contributed by atoms with Crippen LogP contribution in [0.2, 0.25) is 0 Å². The molecule has 0 fully saturated rings. The van der Waals surface area contributed by atoms with Crippen LogP contribution in [-0.2, 0) is 4.79 Å². The van der Waals surface area contributed by atoms with Crippen LogP contribution >= 0.6 is 11.8 Å². The number of aromatic hydroxyl groups is 2. The van der Waals surface area contributed by atoms with Crippen LogP contribution in [0.4, 0.5) is 5.95 Å². The predicted octanol–water partition coefficient (Wildman–Crippen LogP) is 2.29. The molecule has 0 saturated carbocycles. The lowest BCUT2D eigenvalue weighted by Gasteiger charge is -2.36. The van der Waals surface area contributed by atoms with Gasteiger partial charge in [-0.3, -0.25) is 4.79 Å². The predicted molar refractivity (Wildman–Crippen MR) is 89.2 cm³/mol. The molecule has 8 heteroatoms. The molecule has 24 heavy (non-hydrogen) atoms. The average molecular weight is 344 g/mol. The van der Waals surface area contributed by atoms with E-state index in [-0.39, 0.29) is 17.3 Å². The van der Waals surface area contributed by atoms with Crippen LogP contribution in [-0.4, -0.2) is 37.0 Å². The summed E-state index contributed by atoms with van der Waals surface area (Å²) in [4.78, 5) is 17.0. The number of Topliss-reactive ketones (excluding diaryl/α,β-unsaturated/α-hetero) is 1. The van der Waals surface area contributed by atoms with E-state index in [1.54, 1.807) is 10.7 Å². The number of phenols is 2. The zero-order valence-electron chi connectivity index (χ0n) is 12.9. The summed E-state index contributed by atoms with van der Waals surface area (Å²) in [6.07, 6.45) is 5.10. The third kappa shape index (κ3) is 2.25. The van der Waals surface area contributed by atoms with Crippen molar-refractivity contribution < 1.29 is 15.0 Å². The number of hydrogen-bond donors (Lipinski definition) is 3. The lowest BCUT2D eigenvalue weighted by molar-refractivity contribution is -0.123. The highest BCUT2D eigenvalue weighted by Crippen LogP contribution is 2.43. The van der Waals surface area contributed by atoms with Crippen LogP contribution in [0.15, 0.2) is 35.1 Å². The Morgan fingerprint density at radius 2 is 2.17 bits per heavy atom. The quantitative estimate of drug-likeness (QED) is 0.567. The Balaban J connectivity index is 1.91. The van der Waals surface area contributed by atoms with Crippen LogP contribution in [0.3, 0.4) is 0 Å². The average Bonchev–Trinajstić information content (AvgIpc) is 2.98. The van der Waals surface area contributed by atoms with E-state index in [0.29, 0.717) is 29.5 Å². The van der Waals surface area contributed by atoms with Gasteiger partial charge in [0.15, 0.2) is 11.5 Å². The summed E-state index contributed by atoms with van der Waals surface area (Å²) < 4.78 is 1.70. The molecular weight excluding hydrogens is 328 g/mol. The lowest BCUT2D eigenvalue weighted by Crippen LogP contribution is -2.38. The highest BCUT2D eigenvalue weighted by atomic mass is 32.2. The van der Waals surface area contributed by atoms with Crippen LogP contribution in [0, 0.1) is 5.92 Å². The molecule has 2 aliphatic rings. The number of carbonyl (C=O) groups excluding carboxylic acids is 1. The van der Waals surface area contributed by atoms with Crippen molar-refractivity contribution in [2.45, 2.75) is 24.0 Å². The molecule has 4 rings (SSSR count). The maximum Gasteiger partial charge on any atom is 0.227 e. The summed E-state index contributed by atoms with van der Waals surface area (Å²) in [5.74, 6) is -0.0984. The van der Waals surface area contributed by atoms with E-state index in [1.807, 2.05) is 12.3 Å². The first kappa shape index (κ1) is 15.1. The van der Waals surface area contributed by atoms with Gasteiger partial charge in [0.05, 0.1) is 12.0 Å². The van der Waals surface area contributed by atoms with Crippen molar-refractivity contribution in [2.75, 3.05) is 11.6 Å². The van der Waals surface area contributed by atoms with Crippen molar-refractivity contribution in [2.24, 2.45) is 5.92 Å². The minimum absolute atomic E-state index is 0.129. The number of carbonyl (C=O) groups is 1. The summed E-state index contributed by atoms with van der Waals surface area (Å²) in [5.41, 5.74) is 1.54. The van der Waals surface area contributed by atoms with Crippen molar-refractivity contribution in [3.05, 3.63) is 35.5 Å². The molecule has 124 valence electrons. The Kier molecular flexibility index (Phi) is 3.49. The van der Waals surface area contributed by atoms with Crippen LogP contribution in [0.5, 0.6) is 11.5 Å². The number of phenolic OH excluding ortho intramolecular Hbond substituents is 2. The SMILES string of the molecule is CSc1nc2n(n1)C(c1ccc(O)c(O)c1)C1C(=O)CCC=C1N2. The maximum absolute atomic E-state index is 12.6. The van der Waals surface area contributed by atoms with Crippen molar-refractivity contribution in [3.8, 4) is 11.5 Å². The van der Waals surface area contributed by atoms with Gasteiger partial charge in [-0.25, -0.2) is 4.68 Å². The zero-order chi connectivity index (χ0) is 16.8. The third-order valence-corrected chi connectivity index (χ3v) is 4.95. The monoisotopic (exact) mass is 344 g/mol. The second kappa shape index (κ2) is 5.55. The lowest BCUT2D eigenvalue weighted by atomic mass is 9.81. The Bertz CT molecular complexity index is 861. The van der Waals surface area contributed by atoms with Gasteiger partial charge in [0, 0.05) is 12.1 Å². The number of aromatic nitrogens is 3. The van der Waals surface area contributed by atoms with Crippen molar-refractivity contribution in [1.29, 1.82) is 0 Å². The first-order valence-electron chi connectivity index (χ1n) is 7.60. The number of nitrogens with zero attached hydrogens (tertiary/aromatic N) is 3. The Labute approximate surface area is 142 Å². The summed E-state index contributed by atoms with van der Waals surface area (Å²) in [6, 6.07) is 4.21. The number of nitrogens with one attached hydrogen (secondary N) is 1. The van der Waals surface area contributed by atoms with Crippen LogP contribution < -0.4 is 5.32 Å². The number of fused-ring (bicyclic) bond motifs is 2. The molecular formula is C16H16N4O3S. The number of thioether (sulfide) groups is 1. The number of allylic oxidation sites excluding steroid dienone is 2. The highest BCUT2D eigenvalue weighted by Gasteiger charge is 2.41. The van der Waals surface area contributed by atoms with Gasteiger partial charge in [0.25, 0.3) is 0 Å². The Morgan fingerprint density at radius 1 is 1.33 bits per heavy atom. The largest absolute Gasteiger partial charge is 0.504 e. The number of anilines is 1. The molecule has 1 aliphatic heterocycles. The smallest absolute Gasteiger partial charge is 0.227 e. The van der Waals surface area contributed by atoms with E-state index in [4.69, 9.17) is 0 Å². The van der Waals surface area contributed by atoms with Gasteiger partial charge < -0.3 is 15.5 Å². The Morgan fingerprint density at radius 3 is 2.92 bits per heavy atom. The van der Waals surface area contributed by atoms with Crippen LogP contribution in [0.25, 0.3) is 0 Å². The Hall–Kier alpha value is -2.48. The topological polar surface area (TPSA) is 100 Å². The molecule has 2 atom stereocenters. The minimum atomic E-state index is -0.403. The molecule has 2 heterocycles. The van der Waals surface area contributed by atoms with Gasteiger partial charge in [0.1, 0.15) is 5.78 Å². The second-order valence-electron chi connectivity index (χ2n) is 5.83. The van der Waals surface area contributed by atoms with Gasteiger partial charge in [-0.15, -0.1) is 5.10 Å². The summed E-state index contributed by atoms with van der Waals surface area (Å²) in [7, 11) is 0. The number of benzene rings is 1. The molecule has 3 N–H and O–H groups in total. The van der Waals surface area contributed by atoms with Crippen molar-refractivity contribution >= 4 is 23.5 Å². The van der Waals surface area contributed by atoms with Gasteiger partial charge >= 0.3 is 0 Å². The van der Waals surface area contributed by atoms with E-state index in [1.165, 1.54) is 23.9 Å². The van der Waals surface area contributed by atoms with Gasteiger partial charge in [-0.2, -0.15) is 4.98 Å². The fourth-order valence-electron chi connectivity index (χ4n) is 3.30. The molecule has 7 nitrogen and oxygen atoms in total. The van der Waals surface area contributed by atoms with Gasteiger partial charge in [-0.1, -0.05) is 23.9 Å². The summed E-state index contributed by atoms with van der Waals surface area (Å²) in [6.45, 7) is 0. The zero-order valence-corrected chi connectivity index (χ0v) is 13.7. The number of rotatable bonds is 2. The van der Waals surface area contributed by atoms with E-state index >= 15 is 0 Å². The molecule has 0 saturated heterocycles. The molecule has 1 aromatic carbocycles. The molecule has 2 unspecified atom stereocenters. The molecule has 2 aromatic rings. The first-order chi connectivity index (χ1) is 11.6. The van der Waals surface area contributed by atoms with Crippen molar-refractivity contribution in [1.82, 2.24) is 14.8 Å². The minimum Gasteiger partial charge on any atom is -0.504 e. The second-order valence-corrected chi connectivity index (χ2v) is 6.60. The standard InChI is InChI=1S/C16H16N4O3S/c1-24-16-18-15-17-9-3-2-4-11(22)13(9)14(20(15)19-16)8-5-6-10(21)12(23)7-8/h3,5-7,13-14,21,23H,2,4H2,1H3,(H,17,18,19). The maximum atomic E-state index is 12.6. The van der Waals surface area contributed by atoms with Gasteiger partial charge in [-0.05, 0) is 30.4 Å². The molecule has 0 amide bonds. The van der Waals surface area contributed by atoms with Crippen molar-refractivity contribution in [3.63, 3.8) is 0 Å². The van der Waals surface area contributed by atoms with Crippen LogP contribution in [0.1, 0.15) is 24.4 Å². The number of hydrogen-bond acceptors (Lipinski definition) is 7. The number of ketones is 1. The normalized spacial score (nSPS) is 22.4. The van der Waals surface area contributed by atoms with E-state index < -0.39 is 12.0 Å². The summed E-state index contributed by atoms with van der Waals surface area (Å²) in [5, 5.41) is 27.8. The highest BCUT2D eigenvalue weighted by molar-refractivity contribution is 7.98. The fourth-order valence-corrected chi connectivity index (χ4v) is 3.65. The van der Waals surface area contributed by atoms with E-state index in [9.17, 15) is 15.0 Å². The molecule has 1 aromatic heterocycles. The third-order valence-electron chi connectivity index (χ3n) is 4.41.